The van der Waals surface area contributed by atoms with Gasteiger partial charge in [-0.05, 0) is 18.6 Å². The summed E-state index contributed by atoms with van der Waals surface area (Å²) in [6.07, 6.45) is 1.73. The minimum atomic E-state index is -2.88. The predicted octanol–water partition coefficient (Wildman–Crippen LogP) is 1.44. The molecule has 17 heavy (non-hydrogen) atoms. The second-order valence-electron chi connectivity index (χ2n) is 4.32. The lowest BCUT2D eigenvalue weighted by atomic mass is 10.2. The highest BCUT2D eigenvalue weighted by Crippen LogP contribution is 2.19. The summed E-state index contributed by atoms with van der Waals surface area (Å²) in [5.41, 5.74) is 0.965. The van der Waals surface area contributed by atoms with Crippen molar-refractivity contribution in [1.29, 1.82) is 0 Å². The normalized spacial score (nSPS) is 23.6. The first-order valence-electron chi connectivity index (χ1n) is 5.50. The van der Waals surface area contributed by atoms with Gasteiger partial charge in [0.1, 0.15) is 5.82 Å². The fraction of sp³-hybridized carbons (Fsp3) is 0.545. The molecule has 6 heteroatoms. The van der Waals surface area contributed by atoms with Crippen LogP contribution in [-0.2, 0) is 15.7 Å². The molecule has 1 aromatic rings. The number of nitrogens with zero attached hydrogens (tertiary/aromatic N) is 2. The first kappa shape index (κ1) is 12.6. The molecule has 1 aliphatic rings. The molecule has 0 aromatic carbocycles. The number of pyridine rings is 1. The van der Waals surface area contributed by atoms with Crippen LogP contribution in [0.4, 0.5) is 5.82 Å². The Morgan fingerprint density at radius 3 is 2.82 bits per heavy atom. The van der Waals surface area contributed by atoms with Gasteiger partial charge in [0.25, 0.3) is 0 Å². The second-order valence-corrected chi connectivity index (χ2v) is 6.81. The predicted molar refractivity (Wildman–Crippen MR) is 69.3 cm³/mol. The van der Waals surface area contributed by atoms with Crippen LogP contribution >= 0.6 is 11.6 Å². The van der Waals surface area contributed by atoms with Crippen molar-refractivity contribution in [3.63, 3.8) is 0 Å². The van der Waals surface area contributed by atoms with Gasteiger partial charge in [-0.1, -0.05) is 6.07 Å². The molecule has 0 saturated carbocycles. The van der Waals surface area contributed by atoms with Gasteiger partial charge < -0.3 is 4.90 Å². The summed E-state index contributed by atoms with van der Waals surface area (Å²) in [5, 5.41) is 0. The highest BCUT2D eigenvalue weighted by atomic mass is 35.5. The van der Waals surface area contributed by atoms with Crippen molar-refractivity contribution in [1.82, 2.24) is 4.98 Å². The average Bonchev–Trinajstić information content (AvgIpc) is 2.28. The number of anilines is 1. The molecule has 1 unspecified atom stereocenters. The highest BCUT2D eigenvalue weighted by molar-refractivity contribution is 7.91. The standard InChI is InChI=1S/C11H15ClN2O2S/c1-9-8-17(15,16)5-4-14(9)11-3-2-10(6-12)7-13-11/h2-3,7,9H,4-6,8H2,1H3. The third-order valence-corrected chi connectivity index (χ3v) is 5.03. The zero-order chi connectivity index (χ0) is 12.5. The summed E-state index contributed by atoms with van der Waals surface area (Å²) >= 11 is 5.70. The monoisotopic (exact) mass is 274 g/mol. The number of alkyl halides is 1. The molecule has 0 spiro atoms. The topological polar surface area (TPSA) is 50.3 Å². The van der Waals surface area contributed by atoms with Gasteiger partial charge >= 0.3 is 0 Å². The molecule has 1 fully saturated rings. The van der Waals surface area contributed by atoms with Crippen LogP contribution in [0.5, 0.6) is 0 Å². The summed E-state index contributed by atoms with van der Waals surface area (Å²) in [5.74, 6) is 1.67. The summed E-state index contributed by atoms with van der Waals surface area (Å²) in [6, 6.07) is 3.79. The molecule has 0 amide bonds. The van der Waals surface area contributed by atoms with Gasteiger partial charge in [-0.15, -0.1) is 11.6 Å². The van der Waals surface area contributed by atoms with E-state index in [1.54, 1.807) is 6.20 Å². The Labute approximate surface area is 107 Å². The van der Waals surface area contributed by atoms with E-state index in [-0.39, 0.29) is 17.5 Å². The van der Waals surface area contributed by atoms with Crippen LogP contribution in [0, 0.1) is 0 Å². The molecule has 0 aliphatic carbocycles. The van der Waals surface area contributed by atoms with E-state index in [2.05, 4.69) is 4.98 Å². The maximum atomic E-state index is 11.5. The van der Waals surface area contributed by atoms with Gasteiger partial charge in [0.05, 0.1) is 11.5 Å². The van der Waals surface area contributed by atoms with Gasteiger partial charge in [-0.25, -0.2) is 13.4 Å². The molecule has 94 valence electrons. The summed E-state index contributed by atoms with van der Waals surface area (Å²) in [4.78, 5) is 6.34. The quantitative estimate of drug-likeness (QED) is 0.766. The minimum absolute atomic E-state index is 0.0249. The molecule has 2 heterocycles. The Morgan fingerprint density at radius 1 is 1.53 bits per heavy atom. The Bertz CT molecular complexity index is 487. The molecule has 0 N–H and O–H groups in total. The van der Waals surface area contributed by atoms with Crippen LogP contribution < -0.4 is 4.90 Å². The van der Waals surface area contributed by atoms with Crippen molar-refractivity contribution < 1.29 is 8.42 Å². The Balaban J connectivity index is 2.17. The second kappa shape index (κ2) is 4.82. The fourth-order valence-corrected chi connectivity index (χ4v) is 3.72. The van der Waals surface area contributed by atoms with Crippen molar-refractivity contribution in [2.75, 3.05) is 23.0 Å². The molecular weight excluding hydrogens is 260 g/mol. The van der Waals surface area contributed by atoms with E-state index in [4.69, 9.17) is 11.6 Å². The maximum Gasteiger partial charge on any atom is 0.154 e. The van der Waals surface area contributed by atoms with Gasteiger partial charge in [-0.3, -0.25) is 0 Å². The highest BCUT2D eigenvalue weighted by Gasteiger charge is 2.28. The zero-order valence-electron chi connectivity index (χ0n) is 9.63. The van der Waals surface area contributed by atoms with Crippen LogP contribution in [0.25, 0.3) is 0 Å². The van der Waals surface area contributed by atoms with E-state index >= 15 is 0 Å². The van der Waals surface area contributed by atoms with Crippen molar-refractivity contribution in [2.45, 2.75) is 18.8 Å². The molecule has 0 bridgehead atoms. The van der Waals surface area contributed by atoms with Crippen LogP contribution in [0.15, 0.2) is 18.3 Å². The molecular formula is C11H15ClN2O2S. The zero-order valence-corrected chi connectivity index (χ0v) is 11.2. The lowest BCUT2D eigenvalue weighted by Gasteiger charge is -2.34. The average molecular weight is 275 g/mol. The summed E-state index contributed by atoms with van der Waals surface area (Å²) in [7, 11) is -2.88. The van der Waals surface area contributed by atoms with Crippen molar-refractivity contribution >= 4 is 27.3 Å². The largest absolute Gasteiger partial charge is 0.352 e. The van der Waals surface area contributed by atoms with Crippen LogP contribution in [0.1, 0.15) is 12.5 Å². The number of hydrogen-bond acceptors (Lipinski definition) is 4. The molecule has 2 rings (SSSR count). The molecule has 1 saturated heterocycles. The van der Waals surface area contributed by atoms with Gasteiger partial charge in [0, 0.05) is 24.7 Å². The summed E-state index contributed by atoms with van der Waals surface area (Å²) in [6.45, 7) is 2.42. The van der Waals surface area contributed by atoms with Crippen molar-refractivity contribution in [3.8, 4) is 0 Å². The molecule has 4 nitrogen and oxygen atoms in total. The maximum absolute atomic E-state index is 11.5. The fourth-order valence-electron chi connectivity index (χ4n) is 2.00. The van der Waals surface area contributed by atoms with Crippen molar-refractivity contribution in [3.05, 3.63) is 23.9 Å². The Morgan fingerprint density at radius 2 is 2.29 bits per heavy atom. The molecule has 1 aromatic heterocycles. The minimum Gasteiger partial charge on any atom is -0.352 e. The number of hydrogen-bond donors (Lipinski definition) is 0. The third-order valence-electron chi connectivity index (χ3n) is 2.93. The molecule has 1 aliphatic heterocycles. The Kier molecular flexibility index (Phi) is 3.58. The van der Waals surface area contributed by atoms with E-state index < -0.39 is 9.84 Å². The van der Waals surface area contributed by atoms with Crippen LogP contribution in [0.2, 0.25) is 0 Å². The Hall–Kier alpha value is -0.810. The van der Waals surface area contributed by atoms with E-state index in [9.17, 15) is 8.42 Å². The van der Waals surface area contributed by atoms with E-state index in [1.165, 1.54) is 0 Å². The summed E-state index contributed by atoms with van der Waals surface area (Å²) < 4.78 is 22.9. The molecule has 0 radical (unpaired) electrons. The number of halogens is 1. The first-order chi connectivity index (χ1) is 8.02. The number of aromatic nitrogens is 1. The third kappa shape index (κ3) is 2.90. The van der Waals surface area contributed by atoms with Gasteiger partial charge in [0.15, 0.2) is 9.84 Å². The molecule has 1 atom stereocenters. The smallest absolute Gasteiger partial charge is 0.154 e. The van der Waals surface area contributed by atoms with Gasteiger partial charge in [-0.2, -0.15) is 0 Å². The SMILES string of the molecule is CC1CS(=O)(=O)CCN1c1ccc(CCl)cn1. The van der Waals surface area contributed by atoms with E-state index in [0.717, 1.165) is 11.4 Å². The van der Waals surface area contributed by atoms with E-state index in [0.29, 0.717) is 12.4 Å². The van der Waals surface area contributed by atoms with Crippen LogP contribution in [-0.4, -0.2) is 37.5 Å². The lowest BCUT2D eigenvalue weighted by molar-refractivity contribution is 0.567. The van der Waals surface area contributed by atoms with E-state index in [1.807, 2.05) is 24.0 Å². The van der Waals surface area contributed by atoms with Crippen LogP contribution in [0.3, 0.4) is 0 Å². The number of sulfone groups is 1. The first-order valence-corrected chi connectivity index (χ1v) is 7.85. The van der Waals surface area contributed by atoms with Gasteiger partial charge in [0.2, 0.25) is 0 Å². The lowest BCUT2D eigenvalue weighted by Crippen LogP contribution is -2.47. The van der Waals surface area contributed by atoms with Crippen molar-refractivity contribution in [2.24, 2.45) is 0 Å². The number of rotatable bonds is 2.